The molecule has 3 rings (SSSR count). The number of hydrogen-bond acceptors (Lipinski definition) is 6. The molecule has 0 aromatic heterocycles. The quantitative estimate of drug-likeness (QED) is 0.886. The second-order valence-electron chi connectivity index (χ2n) is 5.60. The average molecular weight is 310 g/mol. The number of rotatable bonds is 2. The van der Waals surface area contributed by atoms with Crippen molar-refractivity contribution < 1.29 is 17.9 Å². The van der Waals surface area contributed by atoms with Crippen LogP contribution in [-0.2, 0) is 19.3 Å². The van der Waals surface area contributed by atoms with Gasteiger partial charge in [0.1, 0.15) is 0 Å². The molecule has 0 aliphatic carbocycles. The van der Waals surface area contributed by atoms with Gasteiger partial charge >= 0.3 is 0 Å². The Morgan fingerprint density at radius 2 is 2.00 bits per heavy atom. The zero-order valence-electron chi connectivity index (χ0n) is 11.9. The van der Waals surface area contributed by atoms with Crippen LogP contribution in [0.1, 0.15) is 13.8 Å². The maximum absolute atomic E-state index is 12.7. The van der Waals surface area contributed by atoms with Gasteiger partial charge < -0.3 is 14.9 Å². The summed E-state index contributed by atoms with van der Waals surface area (Å²) in [4.78, 5) is 0.246. The van der Waals surface area contributed by atoms with Crippen LogP contribution in [0.3, 0.4) is 0 Å². The van der Waals surface area contributed by atoms with E-state index >= 15 is 0 Å². The fraction of sp³-hybridized carbons (Fsp3) is 0.500. The third kappa shape index (κ3) is 2.68. The van der Waals surface area contributed by atoms with Crippen molar-refractivity contribution in [1.29, 1.82) is 0 Å². The Bertz CT molecular complexity index is 655. The predicted molar refractivity (Wildman–Crippen MR) is 77.5 cm³/mol. The molecular weight excluding hydrogens is 292 g/mol. The molecule has 6 nitrogen and oxygen atoms in total. The molecule has 0 radical (unpaired) electrons. The lowest BCUT2D eigenvalue weighted by Gasteiger charge is -2.21. The van der Waals surface area contributed by atoms with Crippen LogP contribution in [0.2, 0.25) is 0 Å². The molecule has 0 amide bonds. The molecule has 21 heavy (non-hydrogen) atoms. The summed E-state index contributed by atoms with van der Waals surface area (Å²) in [6.07, 6.45) is -0.313. The van der Waals surface area contributed by atoms with Crippen molar-refractivity contribution in [3.8, 4) is 0 Å². The summed E-state index contributed by atoms with van der Waals surface area (Å²) >= 11 is 0. The molecule has 2 atom stereocenters. The Hall–Kier alpha value is -1.44. The van der Waals surface area contributed by atoms with Gasteiger partial charge in [0.15, 0.2) is 10.8 Å². The number of hydrogen-bond donors (Lipinski definition) is 1. The average Bonchev–Trinajstić information content (AvgIpc) is 3.06. The van der Waals surface area contributed by atoms with Crippen molar-refractivity contribution in [2.24, 2.45) is 11.0 Å². The number of hydrazone groups is 1. The topological polar surface area (TPSA) is 77.0 Å². The highest BCUT2D eigenvalue weighted by atomic mass is 32.2. The summed E-state index contributed by atoms with van der Waals surface area (Å²) in [5, 5.41) is 4.13. The summed E-state index contributed by atoms with van der Waals surface area (Å²) in [6.45, 7) is 4.43. The molecule has 0 unspecified atom stereocenters. The predicted octanol–water partition coefficient (Wildman–Crippen LogP) is 1.14. The van der Waals surface area contributed by atoms with Gasteiger partial charge in [-0.2, -0.15) is 5.10 Å². The Labute approximate surface area is 124 Å². The second-order valence-corrected chi connectivity index (χ2v) is 7.50. The Morgan fingerprint density at radius 1 is 1.29 bits per heavy atom. The maximum atomic E-state index is 12.7. The first-order valence-electron chi connectivity index (χ1n) is 6.82. The van der Waals surface area contributed by atoms with Gasteiger partial charge in [-0.25, -0.2) is 8.42 Å². The van der Waals surface area contributed by atoms with E-state index in [-0.39, 0.29) is 22.0 Å². The van der Waals surface area contributed by atoms with Crippen LogP contribution >= 0.6 is 0 Å². The fourth-order valence-corrected chi connectivity index (χ4v) is 4.15. The van der Waals surface area contributed by atoms with Crippen LogP contribution in [0.4, 0.5) is 0 Å². The van der Waals surface area contributed by atoms with Gasteiger partial charge in [-0.15, -0.1) is 0 Å². The first-order chi connectivity index (χ1) is 9.90. The van der Waals surface area contributed by atoms with Crippen LogP contribution in [-0.4, -0.2) is 38.5 Å². The van der Waals surface area contributed by atoms with E-state index in [1.54, 1.807) is 30.3 Å². The zero-order chi connectivity index (χ0) is 15.1. The van der Waals surface area contributed by atoms with Gasteiger partial charge in [0.25, 0.3) is 0 Å². The number of ether oxygens (including phenoxy) is 2. The van der Waals surface area contributed by atoms with E-state index in [0.29, 0.717) is 13.2 Å². The van der Waals surface area contributed by atoms with Crippen molar-refractivity contribution in [3.63, 3.8) is 0 Å². The lowest BCUT2D eigenvalue weighted by atomic mass is 10.1. The van der Waals surface area contributed by atoms with Crippen LogP contribution in [0, 0.1) is 5.92 Å². The minimum Gasteiger partial charge on any atom is -0.348 e. The Balaban J connectivity index is 1.88. The largest absolute Gasteiger partial charge is 0.348 e. The van der Waals surface area contributed by atoms with Crippen LogP contribution in [0.5, 0.6) is 0 Å². The standard InChI is InChI=1S/C14H18N2O4S/c1-14(2)19-9-12(20-14)11-8-15-16-13(11)21(17,18)10-6-4-3-5-7-10/h3-7,11-12,15H,8-9H2,1-2H3/t11-,12-/m0/s1. The molecule has 1 fully saturated rings. The lowest BCUT2D eigenvalue weighted by molar-refractivity contribution is -0.141. The van der Waals surface area contributed by atoms with E-state index in [9.17, 15) is 8.42 Å². The molecular formula is C14H18N2O4S. The highest BCUT2D eigenvalue weighted by Gasteiger charge is 2.44. The van der Waals surface area contributed by atoms with Crippen molar-refractivity contribution in [2.75, 3.05) is 13.2 Å². The van der Waals surface area contributed by atoms with E-state index in [4.69, 9.17) is 9.47 Å². The van der Waals surface area contributed by atoms with Crippen LogP contribution in [0.25, 0.3) is 0 Å². The third-order valence-corrected chi connectivity index (χ3v) is 5.46. The highest BCUT2D eigenvalue weighted by Crippen LogP contribution is 2.31. The number of nitrogens with one attached hydrogen (secondary N) is 1. The third-order valence-electron chi connectivity index (χ3n) is 3.63. The van der Waals surface area contributed by atoms with Gasteiger partial charge in [-0.3, -0.25) is 0 Å². The van der Waals surface area contributed by atoms with Crippen molar-refractivity contribution in [1.82, 2.24) is 5.43 Å². The van der Waals surface area contributed by atoms with Crippen LogP contribution < -0.4 is 5.43 Å². The summed E-state index contributed by atoms with van der Waals surface area (Å²) in [6, 6.07) is 8.32. The van der Waals surface area contributed by atoms with E-state index in [0.717, 1.165) is 0 Å². The van der Waals surface area contributed by atoms with Gasteiger partial charge in [-0.05, 0) is 26.0 Å². The molecule has 1 aromatic rings. The molecule has 1 N–H and O–H groups in total. The fourth-order valence-electron chi connectivity index (χ4n) is 2.58. The summed E-state index contributed by atoms with van der Waals surface area (Å²) in [5.41, 5.74) is 2.78. The summed E-state index contributed by atoms with van der Waals surface area (Å²) in [7, 11) is -3.61. The monoisotopic (exact) mass is 310 g/mol. The lowest BCUT2D eigenvalue weighted by Crippen LogP contribution is -2.36. The number of nitrogens with zero attached hydrogens (tertiary/aromatic N) is 1. The SMILES string of the molecule is CC1(C)OC[C@@H]([C@@H]2CNN=C2S(=O)(=O)c2ccccc2)O1. The van der Waals surface area contributed by atoms with Gasteiger partial charge in [-0.1, -0.05) is 18.2 Å². The van der Waals surface area contributed by atoms with Crippen molar-refractivity contribution >= 4 is 14.9 Å². The van der Waals surface area contributed by atoms with Crippen molar-refractivity contribution in [2.45, 2.75) is 30.6 Å². The molecule has 2 aliphatic rings. The second kappa shape index (κ2) is 5.08. The molecule has 0 spiro atoms. The van der Waals surface area contributed by atoms with Gasteiger partial charge in [0.2, 0.25) is 9.84 Å². The normalized spacial score (nSPS) is 28.2. The van der Waals surface area contributed by atoms with Gasteiger partial charge in [0.05, 0.1) is 23.5 Å². The first kappa shape index (κ1) is 14.5. The smallest absolute Gasteiger partial charge is 0.222 e. The Morgan fingerprint density at radius 3 is 2.62 bits per heavy atom. The number of sulfone groups is 1. The molecule has 1 aromatic carbocycles. The van der Waals surface area contributed by atoms with E-state index in [1.165, 1.54) is 0 Å². The molecule has 0 saturated carbocycles. The molecule has 114 valence electrons. The maximum Gasteiger partial charge on any atom is 0.222 e. The zero-order valence-corrected chi connectivity index (χ0v) is 12.8. The molecule has 0 bridgehead atoms. The van der Waals surface area contributed by atoms with Crippen molar-refractivity contribution in [3.05, 3.63) is 30.3 Å². The van der Waals surface area contributed by atoms with Gasteiger partial charge in [0, 0.05) is 6.54 Å². The molecule has 2 aliphatic heterocycles. The minimum atomic E-state index is -3.61. The Kier molecular flexibility index (Phi) is 3.51. The first-order valence-corrected chi connectivity index (χ1v) is 8.31. The van der Waals surface area contributed by atoms with Crippen LogP contribution in [0.15, 0.2) is 40.3 Å². The molecule has 2 heterocycles. The molecule has 1 saturated heterocycles. The molecule has 7 heteroatoms. The minimum absolute atomic E-state index is 0.125. The summed E-state index contributed by atoms with van der Waals surface area (Å²) in [5.74, 6) is -1.02. The van der Waals surface area contributed by atoms with E-state index in [2.05, 4.69) is 10.5 Å². The number of benzene rings is 1. The van der Waals surface area contributed by atoms with E-state index in [1.807, 2.05) is 13.8 Å². The highest BCUT2D eigenvalue weighted by molar-refractivity contribution is 8.06. The van der Waals surface area contributed by atoms with E-state index < -0.39 is 15.6 Å². The summed E-state index contributed by atoms with van der Waals surface area (Å²) < 4.78 is 36.7.